The Labute approximate surface area is 135 Å². The number of benzene rings is 1. The van der Waals surface area contributed by atoms with Crippen molar-refractivity contribution in [1.29, 1.82) is 0 Å². The van der Waals surface area contributed by atoms with Crippen LogP contribution in [0.25, 0.3) is 0 Å². The second-order valence-corrected chi connectivity index (χ2v) is 5.74. The zero-order chi connectivity index (χ0) is 15.2. The Hall–Kier alpha value is -0.520. The quantitative estimate of drug-likeness (QED) is 0.510. The summed E-state index contributed by atoms with van der Waals surface area (Å²) >= 11 is 23.8. The molecule has 0 saturated heterocycles. The van der Waals surface area contributed by atoms with Crippen molar-refractivity contribution >= 4 is 58.2 Å². The van der Waals surface area contributed by atoms with Crippen molar-refractivity contribution in [2.75, 3.05) is 6.61 Å². The van der Waals surface area contributed by atoms with Crippen LogP contribution in [0.3, 0.4) is 0 Å². The largest absolute Gasteiger partial charge is 0.394 e. The van der Waals surface area contributed by atoms with E-state index in [-0.39, 0.29) is 37.8 Å². The Kier molecular flexibility index (Phi) is 4.52. The van der Waals surface area contributed by atoms with Gasteiger partial charge >= 0.3 is 0 Å². The van der Waals surface area contributed by atoms with E-state index in [1.807, 2.05) is 0 Å². The van der Waals surface area contributed by atoms with E-state index in [2.05, 4.69) is 0 Å². The van der Waals surface area contributed by atoms with Gasteiger partial charge in [-0.1, -0.05) is 53.3 Å². The number of aliphatic hydroxyl groups is 1. The maximum atomic E-state index is 12.4. The van der Waals surface area contributed by atoms with Crippen molar-refractivity contribution in [2.45, 2.75) is 19.4 Å². The van der Waals surface area contributed by atoms with Gasteiger partial charge in [0.2, 0.25) is 0 Å². The molecule has 0 radical (unpaired) electrons. The van der Waals surface area contributed by atoms with Crippen LogP contribution < -0.4 is 0 Å². The lowest BCUT2D eigenvalue weighted by Gasteiger charge is -2.22. The zero-order valence-corrected chi connectivity index (χ0v) is 13.2. The van der Waals surface area contributed by atoms with E-state index in [0.29, 0.717) is 6.42 Å². The molecule has 2 amide bonds. The number of rotatable bonds is 3. The van der Waals surface area contributed by atoms with Crippen LogP contribution in [0.15, 0.2) is 0 Å². The molecule has 1 aromatic rings. The van der Waals surface area contributed by atoms with Gasteiger partial charge in [0.05, 0.1) is 43.9 Å². The Morgan fingerprint density at radius 2 is 1.35 bits per heavy atom. The third-order valence-electron chi connectivity index (χ3n) is 3.18. The average Bonchev–Trinajstić information content (AvgIpc) is 2.69. The van der Waals surface area contributed by atoms with Crippen LogP contribution in [0.2, 0.25) is 20.1 Å². The van der Waals surface area contributed by atoms with Crippen LogP contribution in [-0.2, 0) is 0 Å². The smallest absolute Gasteiger partial charge is 0.263 e. The minimum absolute atomic E-state index is 0.0667. The molecular formula is C12H9Cl4NO3. The van der Waals surface area contributed by atoms with Gasteiger partial charge in [-0.25, -0.2) is 0 Å². The molecule has 20 heavy (non-hydrogen) atoms. The molecule has 0 saturated carbocycles. The van der Waals surface area contributed by atoms with E-state index in [0.717, 1.165) is 4.90 Å². The third-order valence-corrected chi connectivity index (χ3v) is 4.98. The second kappa shape index (κ2) is 5.70. The third kappa shape index (κ3) is 2.11. The van der Waals surface area contributed by atoms with Crippen molar-refractivity contribution in [3.05, 3.63) is 31.2 Å². The summed E-state index contributed by atoms with van der Waals surface area (Å²) in [4.78, 5) is 25.6. The van der Waals surface area contributed by atoms with E-state index in [1.165, 1.54) is 0 Å². The molecule has 1 aliphatic heterocycles. The topological polar surface area (TPSA) is 57.6 Å². The first kappa shape index (κ1) is 15.9. The van der Waals surface area contributed by atoms with Crippen LogP contribution in [0.5, 0.6) is 0 Å². The fourth-order valence-corrected chi connectivity index (χ4v) is 3.11. The molecule has 0 fully saturated rings. The first-order valence-corrected chi connectivity index (χ1v) is 7.22. The number of hydrogen-bond donors (Lipinski definition) is 1. The van der Waals surface area contributed by atoms with Gasteiger partial charge in [0.15, 0.2) is 0 Å². The molecule has 4 nitrogen and oxygen atoms in total. The van der Waals surface area contributed by atoms with Gasteiger partial charge in [0.25, 0.3) is 11.8 Å². The Balaban J connectivity index is 2.69. The van der Waals surface area contributed by atoms with Crippen molar-refractivity contribution in [3.63, 3.8) is 0 Å². The molecule has 1 atom stereocenters. The Morgan fingerprint density at radius 1 is 0.950 bits per heavy atom. The van der Waals surface area contributed by atoms with Gasteiger partial charge in [-0.3, -0.25) is 14.5 Å². The van der Waals surface area contributed by atoms with E-state index in [4.69, 9.17) is 46.4 Å². The van der Waals surface area contributed by atoms with Crippen LogP contribution in [0.4, 0.5) is 0 Å². The summed E-state index contributed by atoms with van der Waals surface area (Å²) in [7, 11) is 0. The van der Waals surface area contributed by atoms with Crippen LogP contribution in [-0.4, -0.2) is 34.5 Å². The highest BCUT2D eigenvalue weighted by atomic mass is 35.5. The predicted molar refractivity (Wildman–Crippen MR) is 78.1 cm³/mol. The van der Waals surface area contributed by atoms with Gasteiger partial charge in [-0.2, -0.15) is 0 Å². The minimum Gasteiger partial charge on any atom is -0.394 e. The van der Waals surface area contributed by atoms with E-state index >= 15 is 0 Å². The highest BCUT2D eigenvalue weighted by Gasteiger charge is 2.44. The van der Waals surface area contributed by atoms with E-state index < -0.39 is 17.9 Å². The zero-order valence-electron chi connectivity index (χ0n) is 10.2. The van der Waals surface area contributed by atoms with Crippen molar-refractivity contribution < 1.29 is 14.7 Å². The van der Waals surface area contributed by atoms with E-state index in [1.54, 1.807) is 6.92 Å². The monoisotopic (exact) mass is 355 g/mol. The molecule has 0 spiro atoms. The molecule has 0 aliphatic carbocycles. The number of halogens is 4. The van der Waals surface area contributed by atoms with Crippen molar-refractivity contribution in [1.82, 2.24) is 4.90 Å². The molecule has 1 heterocycles. The summed E-state index contributed by atoms with van der Waals surface area (Å²) in [6.45, 7) is 1.40. The summed E-state index contributed by atoms with van der Waals surface area (Å²) < 4.78 is 0. The number of hydrogen-bond acceptors (Lipinski definition) is 3. The van der Waals surface area contributed by atoms with E-state index in [9.17, 15) is 14.7 Å². The SMILES string of the molecule is CCC(CO)N1C(=O)c2c(Cl)c(Cl)c(Cl)c(Cl)c2C1=O. The first-order valence-electron chi connectivity index (χ1n) is 5.71. The number of amides is 2. The molecule has 8 heteroatoms. The Bertz CT molecular complexity index is 566. The maximum Gasteiger partial charge on any atom is 0.263 e. The predicted octanol–water partition coefficient (Wildman–Crippen LogP) is 3.67. The second-order valence-electron chi connectivity index (χ2n) is 4.23. The summed E-state index contributed by atoms with van der Waals surface area (Å²) in [6.07, 6.45) is 0.401. The highest BCUT2D eigenvalue weighted by molar-refractivity contribution is 6.55. The molecule has 0 aromatic heterocycles. The summed E-state index contributed by atoms with van der Waals surface area (Å²) in [5.41, 5.74) is -0.133. The van der Waals surface area contributed by atoms with Crippen LogP contribution in [0, 0.1) is 0 Å². The summed E-state index contributed by atoms with van der Waals surface area (Å²) in [5, 5.41) is 8.93. The number of carbonyl (C=O) groups is 2. The molecule has 1 unspecified atom stereocenters. The van der Waals surface area contributed by atoms with Gasteiger partial charge < -0.3 is 5.11 Å². The average molecular weight is 357 g/mol. The van der Waals surface area contributed by atoms with Gasteiger partial charge in [0, 0.05) is 0 Å². The lowest BCUT2D eigenvalue weighted by molar-refractivity contribution is 0.0511. The highest BCUT2D eigenvalue weighted by Crippen LogP contribution is 2.45. The Morgan fingerprint density at radius 3 is 1.65 bits per heavy atom. The summed E-state index contributed by atoms with van der Waals surface area (Å²) in [5.74, 6) is -1.26. The lowest BCUT2D eigenvalue weighted by Crippen LogP contribution is -2.41. The lowest BCUT2D eigenvalue weighted by atomic mass is 10.1. The normalized spacial score (nSPS) is 15.8. The number of aliphatic hydroxyl groups excluding tert-OH is 1. The van der Waals surface area contributed by atoms with Crippen LogP contribution in [0.1, 0.15) is 34.1 Å². The summed E-state index contributed by atoms with van der Waals surface area (Å²) in [6, 6.07) is -0.646. The fourth-order valence-electron chi connectivity index (χ4n) is 2.09. The maximum absolute atomic E-state index is 12.4. The molecule has 0 bridgehead atoms. The molecule has 1 aromatic carbocycles. The van der Waals surface area contributed by atoms with Crippen molar-refractivity contribution in [3.8, 4) is 0 Å². The van der Waals surface area contributed by atoms with Crippen LogP contribution >= 0.6 is 46.4 Å². The fraction of sp³-hybridized carbons (Fsp3) is 0.333. The molecule has 2 rings (SSSR count). The number of imide groups is 1. The molecule has 1 aliphatic rings. The standard InChI is InChI=1S/C12H9Cl4NO3/c1-2-4(3-18)17-11(19)5-6(12(17)20)8(14)10(16)9(15)7(5)13/h4,18H,2-3H2,1H3. The van der Waals surface area contributed by atoms with Gasteiger partial charge in [-0.05, 0) is 6.42 Å². The molecular weight excluding hydrogens is 348 g/mol. The van der Waals surface area contributed by atoms with Crippen molar-refractivity contribution in [2.24, 2.45) is 0 Å². The van der Waals surface area contributed by atoms with Gasteiger partial charge in [-0.15, -0.1) is 0 Å². The number of fused-ring (bicyclic) bond motifs is 1. The van der Waals surface area contributed by atoms with Gasteiger partial charge in [0.1, 0.15) is 0 Å². The number of nitrogens with zero attached hydrogens (tertiary/aromatic N) is 1. The first-order chi connectivity index (χ1) is 9.36. The molecule has 1 N–H and O–H groups in total. The minimum atomic E-state index is -0.646. The number of carbonyl (C=O) groups excluding carboxylic acids is 2. The molecule has 108 valence electrons.